The van der Waals surface area contributed by atoms with E-state index in [4.69, 9.17) is 10.5 Å². The van der Waals surface area contributed by atoms with Crippen LogP contribution < -0.4 is 15.8 Å². The lowest BCUT2D eigenvalue weighted by atomic mass is 10.1. The number of ether oxygens (including phenoxy) is 1. The summed E-state index contributed by atoms with van der Waals surface area (Å²) in [5.41, 5.74) is 5.96. The molecule has 2 amide bonds. The molecule has 0 saturated heterocycles. The van der Waals surface area contributed by atoms with E-state index in [1.807, 2.05) is 11.4 Å². The molecule has 3 aromatic rings. The highest BCUT2D eigenvalue weighted by molar-refractivity contribution is 7.17. The van der Waals surface area contributed by atoms with Gasteiger partial charge in [-0.25, -0.2) is 4.39 Å². The summed E-state index contributed by atoms with van der Waals surface area (Å²) < 4.78 is 21.1. The van der Waals surface area contributed by atoms with Crippen molar-refractivity contribution < 1.29 is 18.7 Å². The maximum absolute atomic E-state index is 14.4. The van der Waals surface area contributed by atoms with Gasteiger partial charge in [-0.2, -0.15) is 4.99 Å². The number of carbonyl (C=O) groups is 2. The van der Waals surface area contributed by atoms with E-state index in [1.54, 1.807) is 33.4 Å². The van der Waals surface area contributed by atoms with E-state index >= 15 is 0 Å². The number of nitrogens with one attached hydrogen (secondary N) is 1. The molecule has 9 heteroatoms. The molecule has 0 aliphatic rings. The number of hydrogen-bond acceptors (Lipinski definition) is 5. The van der Waals surface area contributed by atoms with Gasteiger partial charge in [0.1, 0.15) is 23.2 Å². The molecule has 0 fully saturated rings. The maximum atomic E-state index is 14.4. The van der Waals surface area contributed by atoms with E-state index in [2.05, 4.69) is 10.3 Å². The van der Waals surface area contributed by atoms with Crippen LogP contribution in [0.3, 0.4) is 0 Å². The number of amides is 2. The number of hydrogen-bond donors (Lipinski definition) is 2. The van der Waals surface area contributed by atoms with Crippen molar-refractivity contribution in [3.8, 4) is 11.5 Å². The fourth-order valence-corrected chi connectivity index (χ4v) is 3.58. The van der Waals surface area contributed by atoms with E-state index < -0.39 is 17.6 Å². The Bertz CT molecular complexity index is 1200. The molecule has 0 bridgehead atoms. The first-order chi connectivity index (χ1) is 14.8. The molecule has 160 valence electrons. The molecule has 31 heavy (non-hydrogen) atoms. The maximum Gasteiger partial charge on any atom is 0.279 e. The molecule has 3 rings (SSSR count). The van der Waals surface area contributed by atoms with Gasteiger partial charge in [0.15, 0.2) is 0 Å². The Balaban J connectivity index is 1.95. The summed E-state index contributed by atoms with van der Waals surface area (Å²) in [7, 11) is 4.79. The SMILES string of the molecule is CN/C=C\C(N)=NC(=O)c1cc(Oc2ccc(C(=O)N(C)C)c(F)c2)c2ccsc2c1. The van der Waals surface area contributed by atoms with Crippen molar-refractivity contribution in [2.24, 2.45) is 10.7 Å². The number of thiophene rings is 1. The molecule has 0 radical (unpaired) electrons. The van der Waals surface area contributed by atoms with Crippen LogP contribution in [-0.4, -0.2) is 43.7 Å². The highest BCUT2D eigenvalue weighted by Gasteiger charge is 2.16. The Hall–Kier alpha value is -3.72. The first kappa shape index (κ1) is 22.0. The molecule has 0 aliphatic carbocycles. The molecule has 0 spiro atoms. The minimum absolute atomic E-state index is 0.0521. The van der Waals surface area contributed by atoms with Crippen molar-refractivity contribution in [2.75, 3.05) is 21.1 Å². The number of carbonyl (C=O) groups excluding carboxylic acids is 2. The van der Waals surface area contributed by atoms with Crippen molar-refractivity contribution in [1.29, 1.82) is 0 Å². The second-order valence-electron chi connectivity index (χ2n) is 6.71. The predicted octanol–water partition coefficient (Wildman–Crippen LogP) is 3.77. The number of benzene rings is 2. The van der Waals surface area contributed by atoms with Gasteiger partial charge >= 0.3 is 0 Å². The van der Waals surface area contributed by atoms with Crippen LogP contribution in [0.2, 0.25) is 0 Å². The van der Waals surface area contributed by atoms with Crippen molar-refractivity contribution in [2.45, 2.75) is 0 Å². The van der Waals surface area contributed by atoms with Crippen molar-refractivity contribution in [1.82, 2.24) is 10.2 Å². The molecular formula is C22H21FN4O3S. The Morgan fingerprint density at radius 2 is 2.00 bits per heavy atom. The first-order valence-electron chi connectivity index (χ1n) is 9.22. The summed E-state index contributed by atoms with van der Waals surface area (Å²) in [6, 6.07) is 9.09. The van der Waals surface area contributed by atoms with Gasteiger partial charge in [-0.3, -0.25) is 9.59 Å². The summed E-state index contributed by atoms with van der Waals surface area (Å²) in [6.07, 6.45) is 3.03. The summed E-state index contributed by atoms with van der Waals surface area (Å²) in [5, 5.41) is 5.39. The van der Waals surface area contributed by atoms with Gasteiger partial charge in [0.05, 0.1) is 5.56 Å². The van der Waals surface area contributed by atoms with Crippen molar-refractivity contribution in [3.05, 3.63) is 71.0 Å². The fourth-order valence-electron chi connectivity index (χ4n) is 2.73. The highest BCUT2D eigenvalue weighted by Crippen LogP contribution is 2.35. The largest absolute Gasteiger partial charge is 0.457 e. The zero-order valence-electron chi connectivity index (χ0n) is 17.2. The third-order valence-electron chi connectivity index (χ3n) is 4.24. The predicted molar refractivity (Wildman–Crippen MR) is 120 cm³/mol. The molecule has 3 N–H and O–H groups in total. The molecule has 0 atom stereocenters. The van der Waals surface area contributed by atoms with Crippen LogP contribution in [-0.2, 0) is 0 Å². The standard InChI is InChI=1S/C22H21FN4O3S/c1-25-8-6-20(24)26-21(28)13-10-18(16-7-9-31-19(16)11-13)30-14-4-5-15(17(23)12-14)22(29)27(2)3/h4-12,25H,1-3H3,(H2,24,26,28)/b8-6-. The van der Waals surface area contributed by atoms with Crippen LogP contribution in [0.4, 0.5) is 4.39 Å². The van der Waals surface area contributed by atoms with Gasteiger partial charge in [-0.05, 0) is 48.0 Å². The van der Waals surface area contributed by atoms with Gasteiger partial charge < -0.3 is 20.7 Å². The van der Waals surface area contributed by atoms with Crippen LogP contribution in [0.15, 0.2) is 59.0 Å². The summed E-state index contributed by atoms with van der Waals surface area (Å²) in [5.74, 6) is -1.05. The van der Waals surface area contributed by atoms with E-state index in [9.17, 15) is 14.0 Å². The van der Waals surface area contributed by atoms with Gasteiger partial charge in [0, 0.05) is 42.9 Å². The molecule has 0 saturated carbocycles. The third-order valence-corrected chi connectivity index (χ3v) is 5.10. The van der Waals surface area contributed by atoms with Gasteiger partial charge in [-0.1, -0.05) is 0 Å². The highest BCUT2D eigenvalue weighted by atomic mass is 32.1. The minimum atomic E-state index is -0.696. The van der Waals surface area contributed by atoms with Crippen LogP contribution >= 0.6 is 11.3 Å². The number of nitrogens with zero attached hydrogens (tertiary/aromatic N) is 2. The molecular weight excluding hydrogens is 419 g/mol. The summed E-state index contributed by atoms with van der Waals surface area (Å²) in [6.45, 7) is 0. The third kappa shape index (κ3) is 5.07. The van der Waals surface area contributed by atoms with Crippen LogP contribution in [0, 0.1) is 5.82 Å². The number of amidine groups is 1. The Labute approximate surface area is 182 Å². The average molecular weight is 441 g/mol. The smallest absolute Gasteiger partial charge is 0.279 e. The molecule has 0 aliphatic heterocycles. The minimum Gasteiger partial charge on any atom is -0.457 e. The van der Waals surface area contributed by atoms with Gasteiger partial charge in [0.2, 0.25) is 0 Å². The monoisotopic (exact) mass is 440 g/mol. The van der Waals surface area contributed by atoms with E-state index in [1.165, 1.54) is 40.5 Å². The number of halogens is 1. The lowest BCUT2D eigenvalue weighted by Crippen LogP contribution is -2.22. The Morgan fingerprint density at radius 1 is 1.23 bits per heavy atom. The summed E-state index contributed by atoms with van der Waals surface area (Å²) in [4.78, 5) is 29.7. The summed E-state index contributed by atoms with van der Waals surface area (Å²) >= 11 is 1.43. The zero-order chi connectivity index (χ0) is 22.5. The van der Waals surface area contributed by atoms with Crippen molar-refractivity contribution in [3.63, 3.8) is 0 Å². The topological polar surface area (TPSA) is 97.0 Å². The fraction of sp³-hybridized carbons (Fsp3) is 0.136. The number of nitrogens with two attached hydrogens (primary N) is 1. The van der Waals surface area contributed by atoms with Crippen LogP contribution in [0.1, 0.15) is 20.7 Å². The van der Waals surface area contributed by atoms with E-state index in [-0.39, 0.29) is 22.7 Å². The molecule has 0 unspecified atom stereocenters. The molecule has 2 aromatic carbocycles. The molecule has 7 nitrogen and oxygen atoms in total. The Kier molecular flexibility index (Phi) is 6.66. The van der Waals surface area contributed by atoms with Crippen LogP contribution in [0.25, 0.3) is 10.1 Å². The average Bonchev–Trinajstić information content (AvgIpc) is 3.21. The van der Waals surface area contributed by atoms with Crippen molar-refractivity contribution >= 4 is 39.1 Å². The normalized spacial score (nSPS) is 11.7. The van der Waals surface area contributed by atoms with E-state index in [0.29, 0.717) is 5.75 Å². The zero-order valence-corrected chi connectivity index (χ0v) is 18.0. The first-order valence-corrected chi connectivity index (χ1v) is 10.1. The lowest BCUT2D eigenvalue weighted by molar-refractivity contribution is 0.0822. The quantitative estimate of drug-likeness (QED) is 0.449. The van der Waals surface area contributed by atoms with E-state index in [0.717, 1.165) is 16.2 Å². The number of aliphatic imine (C=N–C) groups is 1. The Morgan fingerprint density at radius 3 is 2.68 bits per heavy atom. The number of rotatable bonds is 6. The molecule has 1 heterocycles. The van der Waals surface area contributed by atoms with Gasteiger partial charge in [-0.15, -0.1) is 11.3 Å². The number of fused-ring (bicyclic) bond motifs is 1. The molecule has 1 aromatic heterocycles. The second-order valence-corrected chi connectivity index (χ2v) is 7.66. The van der Waals surface area contributed by atoms with Crippen LogP contribution in [0.5, 0.6) is 11.5 Å². The van der Waals surface area contributed by atoms with Gasteiger partial charge in [0.25, 0.3) is 11.8 Å². The second kappa shape index (κ2) is 9.40. The lowest BCUT2D eigenvalue weighted by Gasteiger charge is -2.13.